The summed E-state index contributed by atoms with van der Waals surface area (Å²) in [5.74, 6) is 0.0601. The fourth-order valence-corrected chi connectivity index (χ4v) is 3.36. The van der Waals surface area contributed by atoms with E-state index in [1.54, 1.807) is 6.08 Å². The van der Waals surface area contributed by atoms with Crippen molar-refractivity contribution in [1.82, 2.24) is 19.7 Å². The van der Waals surface area contributed by atoms with E-state index in [-0.39, 0.29) is 11.8 Å². The highest BCUT2D eigenvalue weighted by Gasteiger charge is 2.21. The van der Waals surface area contributed by atoms with Gasteiger partial charge in [0.2, 0.25) is 5.91 Å². The second-order valence-corrected chi connectivity index (χ2v) is 6.71. The Bertz CT molecular complexity index is 811. The fraction of sp³-hybridized carbons (Fsp3) is 0.400. The maximum Gasteiger partial charge on any atom is 0.253 e. The maximum atomic E-state index is 12.9. The molecule has 0 atom stereocenters. The summed E-state index contributed by atoms with van der Waals surface area (Å²) >= 11 is 0. The van der Waals surface area contributed by atoms with Crippen LogP contribution in [0, 0.1) is 0 Å². The van der Waals surface area contributed by atoms with Crippen LogP contribution in [-0.2, 0) is 11.8 Å². The standard InChI is InChI=1S/C20H26N4O2/c1-3-8-21-19(25)15-23-9-4-10-24(13-12-23)20(26)17-6-5-16-7-11-22(2)18(16)14-17/h3,5-7,11,14H,1,4,8-10,12-13,15H2,2H3,(H,21,25). The zero-order valence-corrected chi connectivity index (χ0v) is 15.3. The predicted molar refractivity (Wildman–Crippen MR) is 103 cm³/mol. The molecule has 1 aromatic carbocycles. The van der Waals surface area contributed by atoms with Crippen LogP contribution in [0.2, 0.25) is 0 Å². The topological polar surface area (TPSA) is 57.6 Å². The van der Waals surface area contributed by atoms with E-state index in [0.717, 1.165) is 36.0 Å². The molecule has 0 aliphatic carbocycles. The minimum Gasteiger partial charge on any atom is -0.352 e. The third kappa shape index (κ3) is 4.14. The Balaban J connectivity index is 1.62. The summed E-state index contributed by atoms with van der Waals surface area (Å²) in [7, 11) is 1.98. The molecule has 138 valence electrons. The van der Waals surface area contributed by atoms with Gasteiger partial charge in [-0.3, -0.25) is 14.5 Å². The van der Waals surface area contributed by atoms with Gasteiger partial charge in [-0.15, -0.1) is 6.58 Å². The molecule has 6 nitrogen and oxygen atoms in total. The molecular weight excluding hydrogens is 328 g/mol. The van der Waals surface area contributed by atoms with Crippen LogP contribution < -0.4 is 5.32 Å². The fourth-order valence-electron chi connectivity index (χ4n) is 3.36. The average Bonchev–Trinajstić information content (AvgIpc) is 2.86. The smallest absolute Gasteiger partial charge is 0.253 e. The van der Waals surface area contributed by atoms with Gasteiger partial charge in [-0.05, 0) is 30.0 Å². The van der Waals surface area contributed by atoms with Crippen molar-refractivity contribution in [2.45, 2.75) is 6.42 Å². The molecule has 0 unspecified atom stereocenters. The van der Waals surface area contributed by atoms with Crippen LogP contribution >= 0.6 is 0 Å². The largest absolute Gasteiger partial charge is 0.352 e. The van der Waals surface area contributed by atoms with Gasteiger partial charge in [0.15, 0.2) is 0 Å². The molecule has 0 saturated carbocycles. The molecule has 0 spiro atoms. The van der Waals surface area contributed by atoms with Crippen molar-refractivity contribution in [2.75, 3.05) is 39.3 Å². The lowest BCUT2D eigenvalue weighted by atomic mass is 10.1. The van der Waals surface area contributed by atoms with Crippen LogP contribution in [0.1, 0.15) is 16.8 Å². The number of aryl methyl sites for hydroxylation is 1. The minimum absolute atomic E-state index is 0.00108. The Morgan fingerprint density at radius 2 is 2.04 bits per heavy atom. The highest BCUT2D eigenvalue weighted by Crippen LogP contribution is 2.18. The number of fused-ring (bicyclic) bond motifs is 1. The van der Waals surface area contributed by atoms with Crippen molar-refractivity contribution >= 4 is 22.7 Å². The van der Waals surface area contributed by atoms with Gasteiger partial charge >= 0.3 is 0 Å². The van der Waals surface area contributed by atoms with Crippen LogP contribution in [0.3, 0.4) is 0 Å². The first-order valence-electron chi connectivity index (χ1n) is 9.03. The molecule has 1 aliphatic heterocycles. The van der Waals surface area contributed by atoms with Crippen molar-refractivity contribution < 1.29 is 9.59 Å². The average molecular weight is 354 g/mol. The van der Waals surface area contributed by atoms with Gasteiger partial charge in [0, 0.05) is 57.0 Å². The lowest BCUT2D eigenvalue weighted by Crippen LogP contribution is -2.40. The van der Waals surface area contributed by atoms with Gasteiger partial charge in [0.25, 0.3) is 5.91 Å². The highest BCUT2D eigenvalue weighted by molar-refractivity contribution is 5.98. The molecule has 1 fully saturated rings. The van der Waals surface area contributed by atoms with Gasteiger partial charge in [0.05, 0.1) is 6.54 Å². The number of aromatic nitrogens is 1. The number of nitrogens with one attached hydrogen (secondary N) is 1. The molecule has 3 rings (SSSR count). The van der Waals surface area contributed by atoms with Crippen LogP contribution in [0.25, 0.3) is 10.9 Å². The van der Waals surface area contributed by atoms with Crippen molar-refractivity contribution in [3.63, 3.8) is 0 Å². The molecule has 2 amide bonds. The summed E-state index contributed by atoms with van der Waals surface area (Å²) in [6.07, 6.45) is 4.54. The molecule has 2 aromatic rings. The Kier molecular flexibility index (Phi) is 5.73. The normalized spacial score (nSPS) is 15.7. The van der Waals surface area contributed by atoms with Crippen LogP contribution in [0.15, 0.2) is 43.1 Å². The summed E-state index contributed by atoms with van der Waals surface area (Å²) < 4.78 is 2.03. The molecule has 1 aromatic heterocycles. The summed E-state index contributed by atoms with van der Waals surface area (Å²) in [5, 5.41) is 3.93. The van der Waals surface area contributed by atoms with E-state index in [1.807, 2.05) is 47.0 Å². The lowest BCUT2D eigenvalue weighted by molar-refractivity contribution is -0.122. The molecule has 6 heteroatoms. The van der Waals surface area contributed by atoms with Gasteiger partial charge in [-0.25, -0.2) is 0 Å². The van der Waals surface area contributed by atoms with Crippen molar-refractivity contribution in [2.24, 2.45) is 7.05 Å². The first-order valence-corrected chi connectivity index (χ1v) is 9.03. The van der Waals surface area contributed by atoms with E-state index < -0.39 is 0 Å². The van der Waals surface area contributed by atoms with E-state index in [0.29, 0.717) is 26.2 Å². The molecule has 26 heavy (non-hydrogen) atoms. The number of benzene rings is 1. The Morgan fingerprint density at radius 3 is 2.85 bits per heavy atom. The third-order valence-electron chi connectivity index (χ3n) is 4.82. The SMILES string of the molecule is C=CCNC(=O)CN1CCCN(C(=O)c2ccc3ccn(C)c3c2)CC1. The molecule has 2 heterocycles. The van der Waals surface area contributed by atoms with E-state index in [1.165, 1.54) is 0 Å². The number of amides is 2. The Hall–Kier alpha value is -2.60. The predicted octanol–water partition coefficient (Wildman–Crippen LogP) is 1.63. The third-order valence-corrected chi connectivity index (χ3v) is 4.82. The first kappa shape index (κ1) is 18.2. The molecule has 1 N–H and O–H groups in total. The van der Waals surface area contributed by atoms with Crippen LogP contribution in [-0.4, -0.2) is 65.4 Å². The van der Waals surface area contributed by atoms with Gasteiger partial charge in [0.1, 0.15) is 0 Å². The van der Waals surface area contributed by atoms with Crippen LogP contribution in [0.5, 0.6) is 0 Å². The summed E-state index contributed by atoms with van der Waals surface area (Å²) in [4.78, 5) is 28.8. The minimum atomic E-state index is -0.00108. The Morgan fingerprint density at radius 1 is 1.19 bits per heavy atom. The van der Waals surface area contributed by atoms with E-state index >= 15 is 0 Å². The number of nitrogens with zero attached hydrogens (tertiary/aromatic N) is 3. The maximum absolute atomic E-state index is 12.9. The number of rotatable bonds is 5. The van der Waals surface area contributed by atoms with Crippen molar-refractivity contribution in [3.8, 4) is 0 Å². The van der Waals surface area contributed by atoms with E-state index in [2.05, 4.69) is 16.8 Å². The zero-order valence-electron chi connectivity index (χ0n) is 15.3. The van der Waals surface area contributed by atoms with Gasteiger partial charge in [-0.1, -0.05) is 12.1 Å². The zero-order chi connectivity index (χ0) is 18.5. The number of carbonyl (C=O) groups excluding carboxylic acids is 2. The highest BCUT2D eigenvalue weighted by atomic mass is 16.2. The second kappa shape index (κ2) is 8.19. The second-order valence-electron chi connectivity index (χ2n) is 6.71. The Labute approximate surface area is 154 Å². The summed E-state index contributed by atoms with van der Waals surface area (Å²) in [5.41, 5.74) is 1.78. The van der Waals surface area contributed by atoms with Gasteiger partial charge in [-0.2, -0.15) is 0 Å². The van der Waals surface area contributed by atoms with Crippen LogP contribution in [0.4, 0.5) is 0 Å². The number of carbonyl (C=O) groups is 2. The monoisotopic (exact) mass is 354 g/mol. The molecular formula is C20H26N4O2. The first-order chi connectivity index (χ1) is 12.6. The molecule has 1 saturated heterocycles. The summed E-state index contributed by atoms with van der Waals surface area (Å²) in [6, 6.07) is 7.90. The van der Waals surface area contributed by atoms with E-state index in [9.17, 15) is 9.59 Å². The molecule has 1 aliphatic rings. The molecule has 0 bridgehead atoms. The summed E-state index contributed by atoms with van der Waals surface area (Å²) in [6.45, 7) is 7.33. The molecule has 0 radical (unpaired) electrons. The van der Waals surface area contributed by atoms with Gasteiger partial charge < -0.3 is 14.8 Å². The van der Waals surface area contributed by atoms with Crippen molar-refractivity contribution in [3.05, 3.63) is 48.7 Å². The number of hydrogen-bond acceptors (Lipinski definition) is 3. The lowest BCUT2D eigenvalue weighted by Gasteiger charge is -2.22. The van der Waals surface area contributed by atoms with E-state index in [4.69, 9.17) is 0 Å². The quantitative estimate of drug-likeness (QED) is 0.831. The van der Waals surface area contributed by atoms with Crippen molar-refractivity contribution in [1.29, 1.82) is 0 Å². The number of hydrogen-bond donors (Lipinski definition) is 1.